The van der Waals surface area contributed by atoms with Crippen molar-refractivity contribution in [3.63, 3.8) is 0 Å². The highest BCUT2D eigenvalue weighted by atomic mass is 35.5. The number of benzene rings is 1. The van der Waals surface area contributed by atoms with E-state index in [9.17, 15) is 9.90 Å². The maximum Gasteiger partial charge on any atom is 0.317 e. The molecule has 0 saturated heterocycles. The fraction of sp³-hybridized carbons (Fsp3) is 0.235. The van der Waals surface area contributed by atoms with E-state index in [1.54, 1.807) is 11.3 Å². The van der Waals surface area contributed by atoms with Gasteiger partial charge in [0.15, 0.2) is 0 Å². The van der Waals surface area contributed by atoms with Crippen LogP contribution in [0.3, 0.4) is 0 Å². The standard InChI is InChI=1S/C17H15ClN2O2S2/c1-3-12(17(21)22)24-16-14-13(10-4-6-11(18)7-5-10)9(2)23-15(14)19-8-20-16/h4-8,12H,3H2,1-2H3,(H,21,22). The Kier molecular flexibility index (Phi) is 5.08. The molecule has 0 spiro atoms. The van der Waals surface area contributed by atoms with Crippen molar-refractivity contribution in [3.05, 3.63) is 40.5 Å². The van der Waals surface area contributed by atoms with Crippen LogP contribution in [0.15, 0.2) is 35.6 Å². The highest BCUT2D eigenvalue weighted by molar-refractivity contribution is 8.00. The van der Waals surface area contributed by atoms with Gasteiger partial charge in [-0.2, -0.15) is 0 Å². The number of carboxylic acid groups (broad SMARTS) is 1. The molecule has 124 valence electrons. The van der Waals surface area contributed by atoms with Crippen molar-refractivity contribution in [2.24, 2.45) is 0 Å². The second-order valence-corrected chi connectivity index (χ2v) is 8.08. The Morgan fingerprint density at radius 1 is 1.33 bits per heavy atom. The van der Waals surface area contributed by atoms with E-state index >= 15 is 0 Å². The first-order valence-electron chi connectivity index (χ1n) is 7.40. The summed E-state index contributed by atoms with van der Waals surface area (Å²) in [5.41, 5.74) is 2.08. The van der Waals surface area contributed by atoms with E-state index in [4.69, 9.17) is 11.6 Å². The van der Waals surface area contributed by atoms with Crippen molar-refractivity contribution in [2.75, 3.05) is 0 Å². The number of nitrogens with zero attached hydrogens (tertiary/aromatic N) is 2. The first-order chi connectivity index (χ1) is 11.5. The number of carbonyl (C=O) groups is 1. The monoisotopic (exact) mass is 378 g/mol. The summed E-state index contributed by atoms with van der Waals surface area (Å²) >= 11 is 8.87. The minimum Gasteiger partial charge on any atom is -0.480 e. The van der Waals surface area contributed by atoms with Gasteiger partial charge in [0.1, 0.15) is 21.4 Å². The fourth-order valence-electron chi connectivity index (χ4n) is 2.51. The number of hydrogen-bond acceptors (Lipinski definition) is 5. The lowest BCUT2D eigenvalue weighted by atomic mass is 10.0. The molecule has 1 unspecified atom stereocenters. The van der Waals surface area contributed by atoms with Gasteiger partial charge < -0.3 is 5.11 Å². The average Bonchev–Trinajstić information content (AvgIpc) is 2.89. The Morgan fingerprint density at radius 2 is 2.04 bits per heavy atom. The summed E-state index contributed by atoms with van der Waals surface area (Å²) < 4.78 is 0. The molecule has 0 radical (unpaired) electrons. The Hall–Kier alpha value is -1.63. The van der Waals surface area contributed by atoms with Gasteiger partial charge in [-0.1, -0.05) is 42.4 Å². The van der Waals surface area contributed by atoms with Crippen molar-refractivity contribution < 1.29 is 9.90 Å². The average molecular weight is 379 g/mol. The number of rotatable bonds is 5. The van der Waals surface area contributed by atoms with Crippen LogP contribution in [-0.4, -0.2) is 26.3 Å². The number of carboxylic acids is 1. The van der Waals surface area contributed by atoms with Crippen LogP contribution in [0.1, 0.15) is 18.2 Å². The Bertz CT molecular complexity index is 893. The Labute approximate surface area is 152 Å². The summed E-state index contributed by atoms with van der Waals surface area (Å²) in [5, 5.41) is 11.1. The third-order valence-corrected chi connectivity index (χ3v) is 6.28. The van der Waals surface area contributed by atoms with Gasteiger partial charge in [0, 0.05) is 15.5 Å². The molecule has 0 aliphatic heterocycles. The zero-order chi connectivity index (χ0) is 17.3. The predicted molar refractivity (Wildman–Crippen MR) is 100 cm³/mol. The van der Waals surface area contributed by atoms with Gasteiger partial charge in [-0.3, -0.25) is 4.79 Å². The number of thioether (sulfide) groups is 1. The number of halogens is 1. The molecule has 1 atom stereocenters. The lowest BCUT2D eigenvalue weighted by Crippen LogP contribution is -2.15. The molecule has 2 aromatic heterocycles. The SMILES string of the molecule is CCC(Sc1ncnc2sc(C)c(-c3ccc(Cl)cc3)c12)C(=O)O. The first-order valence-corrected chi connectivity index (χ1v) is 9.48. The highest BCUT2D eigenvalue weighted by Crippen LogP contribution is 2.42. The minimum atomic E-state index is -0.825. The molecule has 3 rings (SSSR count). The van der Waals surface area contributed by atoms with Crippen molar-refractivity contribution >= 4 is 50.9 Å². The molecule has 1 aromatic carbocycles. The largest absolute Gasteiger partial charge is 0.480 e. The minimum absolute atomic E-state index is 0.527. The molecule has 2 heterocycles. The van der Waals surface area contributed by atoms with E-state index in [0.29, 0.717) is 16.5 Å². The topological polar surface area (TPSA) is 63.1 Å². The molecule has 0 fully saturated rings. The summed E-state index contributed by atoms with van der Waals surface area (Å²) in [6.45, 7) is 3.91. The molecule has 3 aromatic rings. The maximum atomic E-state index is 11.4. The fourth-order valence-corrected chi connectivity index (χ4v) is 4.68. The van der Waals surface area contributed by atoms with E-state index in [2.05, 4.69) is 9.97 Å². The number of aliphatic carboxylic acids is 1. The number of fused-ring (bicyclic) bond motifs is 1. The molecule has 4 nitrogen and oxygen atoms in total. The molecule has 0 aliphatic rings. The highest BCUT2D eigenvalue weighted by Gasteiger charge is 2.22. The van der Waals surface area contributed by atoms with Crippen molar-refractivity contribution in [2.45, 2.75) is 30.5 Å². The number of aryl methyl sites for hydroxylation is 1. The van der Waals surface area contributed by atoms with Crippen LogP contribution in [0.4, 0.5) is 0 Å². The first kappa shape index (κ1) is 17.2. The summed E-state index contributed by atoms with van der Waals surface area (Å²) in [5.74, 6) is -0.825. The zero-order valence-corrected chi connectivity index (χ0v) is 15.5. The summed E-state index contributed by atoms with van der Waals surface area (Å²) in [4.78, 5) is 22.1. The number of aromatic nitrogens is 2. The van der Waals surface area contributed by atoms with E-state index in [0.717, 1.165) is 26.2 Å². The molecular formula is C17H15ClN2O2S2. The van der Waals surface area contributed by atoms with Gasteiger partial charge in [0.25, 0.3) is 0 Å². The smallest absolute Gasteiger partial charge is 0.317 e. The van der Waals surface area contributed by atoms with E-state index < -0.39 is 11.2 Å². The van der Waals surface area contributed by atoms with E-state index in [-0.39, 0.29) is 0 Å². The third-order valence-electron chi connectivity index (χ3n) is 3.66. The van der Waals surface area contributed by atoms with Crippen molar-refractivity contribution in [1.82, 2.24) is 9.97 Å². The normalized spacial score (nSPS) is 12.5. The van der Waals surface area contributed by atoms with Crippen molar-refractivity contribution in [1.29, 1.82) is 0 Å². The maximum absolute atomic E-state index is 11.4. The molecule has 0 amide bonds. The van der Waals surface area contributed by atoms with Crippen LogP contribution < -0.4 is 0 Å². The van der Waals surface area contributed by atoms with Crippen LogP contribution in [-0.2, 0) is 4.79 Å². The zero-order valence-electron chi connectivity index (χ0n) is 13.1. The van der Waals surface area contributed by atoms with E-state index in [1.807, 2.05) is 38.1 Å². The quantitative estimate of drug-likeness (QED) is 0.483. The van der Waals surface area contributed by atoms with Crippen LogP contribution in [0.25, 0.3) is 21.3 Å². The lowest BCUT2D eigenvalue weighted by Gasteiger charge is -2.10. The molecule has 1 N–H and O–H groups in total. The molecule has 0 bridgehead atoms. The number of thiophene rings is 1. The third kappa shape index (κ3) is 3.27. The molecule has 24 heavy (non-hydrogen) atoms. The Morgan fingerprint density at radius 3 is 2.67 bits per heavy atom. The predicted octanol–water partition coefficient (Wildman–Crippen LogP) is 5.28. The van der Waals surface area contributed by atoms with Gasteiger partial charge in [-0.15, -0.1) is 11.3 Å². The molecule has 0 aliphatic carbocycles. The van der Waals surface area contributed by atoms with Crippen LogP contribution >= 0.6 is 34.7 Å². The summed E-state index contributed by atoms with van der Waals surface area (Å²) in [6.07, 6.45) is 2.03. The second kappa shape index (κ2) is 7.09. The molecule has 7 heteroatoms. The van der Waals surface area contributed by atoms with Gasteiger partial charge in [0.05, 0.1) is 5.39 Å². The van der Waals surface area contributed by atoms with Gasteiger partial charge in [0.2, 0.25) is 0 Å². The van der Waals surface area contributed by atoms with Crippen LogP contribution in [0.2, 0.25) is 5.02 Å². The van der Waals surface area contributed by atoms with Gasteiger partial charge >= 0.3 is 5.97 Å². The second-order valence-electron chi connectivity index (χ2n) is 5.25. The summed E-state index contributed by atoms with van der Waals surface area (Å²) in [7, 11) is 0. The lowest BCUT2D eigenvalue weighted by molar-refractivity contribution is -0.136. The van der Waals surface area contributed by atoms with Gasteiger partial charge in [-0.05, 0) is 31.0 Å². The molecule has 0 saturated carbocycles. The van der Waals surface area contributed by atoms with Gasteiger partial charge in [-0.25, -0.2) is 9.97 Å². The van der Waals surface area contributed by atoms with Crippen molar-refractivity contribution in [3.8, 4) is 11.1 Å². The Balaban J connectivity index is 2.17. The molecular weight excluding hydrogens is 364 g/mol. The van der Waals surface area contributed by atoms with E-state index in [1.165, 1.54) is 18.1 Å². The van der Waals surface area contributed by atoms with Crippen LogP contribution in [0, 0.1) is 6.92 Å². The van der Waals surface area contributed by atoms with Crippen LogP contribution in [0.5, 0.6) is 0 Å². The number of hydrogen-bond donors (Lipinski definition) is 1. The summed E-state index contributed by atoms with van der Waals surface area (Å²) in [6, 6.07) is 7.63.